The van der Waals surface area contributed by atoms with Gasteiger partial charge in [0.1, 0.15) is 10.8 Å². The molecule has 0 amide bonds. The summed E-state index contributed by atoms with van der Waals surface area (Å²) in [6.45, 7) is 2.95. The Hall–Kier alpha value is -2.59. The zero-order valence-corrected chi connectivity index (χ0v) is 17.6. The normalized spacial score (nSPS) is 12.0. The molecule has 2 aromatic carbocycles. The van der Waals surface area contributed by atoms with Gasteiger partial charge in [0.05, 0.1) is 11.3 Å². The smallest absolute Gasteiger partial charge is 0.416 e. The molecular formula is C20H17F3N2O3S2. The second kappa shape index (κ2) is 8.65. The molecule has 0 saturated heterocycles. The van der Waals surface area contributed by atoms with E-state index in [2.05, 4.69) is 9.36 Å². The number of thioether (sulfide) groups is 1. The number of carboxylic acids is 1. The van der Waals surface area contributed by atoms with Crippen molar-refractivity contribution >= 4 is 29.3 Å². The van der Waals surface area contributed by atoms with Crippen LogP contribution in [0.5, 0.6) is 5.75 Å². The fraction of sp³-hybridized carbons (Fsp3) is 0.250. The van der Waals surface area contributed by atoms with E-state index in [0.29, 0.717) is 22.9 Å². The first kappa shape index (κ1) is 22.1. The SMILES string of the molecule is CC(C)(Oc1ccc(SCc2nc(-c3ccc(C(F)(F)F)cc3)ns2)cc1)C(=O)O. The Bertz CT molecular complexity index is 1020. The average Bonchev–Trinajstić information content (AvgIpc) is 3.15. The summed E-state index contributed by atoms with van der Waals surface area (Å²) in [6.07, 6.45) is -4.38. The van der Waals surface area contributed by atoms with Crippen LogP contribution in [0.15, 0.2) is 53.4 Å². The van der Waals surface area contributed by atoms with Crippen molar-refractivity contribution in [3.8, 4) is 17.1 Å². The van der Waals surface area contributed by atoms with Gasteiger partial charge in [-0.2, -0.15) is 17.5 Å². The van der Waals surface area contributed by atoms with Crippen molar-refractivity contribution in [2.24, 2.45) is 0 Å². The molecule has 0 aliphatic rings. The highest BCUT2D eigenvalue weighted by Crippen LogP contribution is 2.31. The van der Waals surface area contributed by atoms with Gasteiger partial charge in [-0.1, -0.05) is 12.1 Å². The lowest BCUT2D eigenvalue weighted by atomic mass is 10.1. The lowest BCUT2D eigenvalue weighted by molar-refractivity contribution is -0.152. The molecule has 3 aromatic rings. The number of carboxylic acid groups (broad SMARTS) is 1. The molecule has 0 saturated carbocycles. The van der Waals surface area contributed by atoms with E-state index in [0.717, 1.165) is 22.0 Å². The van der Waals surface area contributed by atoms with E-state index in [-0.39, 0.29) is 0 Å². The van der Waals surface area contributed by atoms with Gasteiger partial charge in [-0.05, 0) is 61.8 Å². The number of benzene rings is 2. The topological polar surface area (TPSA) is 72.3 Å². The summed E-state index contributed by atoms with van der Waals surface area (Å²) >= 11 is 2.70. The van der Waals surface area contributed by atoms with Crippen molar-refractivity contribution in [2.45, 2.75) is 36.3 Å². The van der Waals surface area contributed by atoms with Crippen molar-refractivity contribution in [3.63, 3.8) is 0 Å². The van der Waals surface area contributed by atoms with Crippen LogP contribution >= 0.6 is 23.3 Å². The molecular weight excluding hydrogens is 437 g/mol. The van der Waals surface area contributed by atoms with Gasteiger partial charge in [0.2, 0.25) is 0 Å². The number of ether oxygens (including phenoxy) is 1. The van der Waals surface area contributed by atoms with Crippen LogP contribution in [-0.4, -0.2) is 26.0 Å². The van der Waals surface area contributed by atoms with Crippen molar-refractivity contribution in [2.75, 3.05) is 0 Å². The molecule has 0 bridgehead atoms. The Labute approximate surface area is 179 Å². The zero-order valence-electron chi connectivity index (χ0n) is 15.9. The van der Waals surface area contributed by atoms with E-state index in [1.54, 1.807) is 12.1 Å². The highest BCUT2D eigenvalue weighted by Gasteiger charge is 2.30. The summed E-state index contributed by atoms with van der Waals surface area (Å²) in [5.41, 5.74) is -1.51. The summed E-state index contributed by atoms with van der Waals surface area (Å²) in [6, 6.07) is 11.8. The van der Waals surface area contributed by atoms with Crippen LogP contribution in [0.1, 0.15) is 24.4 Å². The first-order chi connectivity index (χ1) is 14.0. The van der Waals surface area contributed by atoms with Gasteiger partial charge in [-0.25, -0.2) is 9.78 Å². The molecule has 0 fully saturated rings. The van der Waals surface area contributed by atoms with Gasteiger partial charge in [0.25, 0.3) is 0 Å². The van der Waals surface area contributed by atoms with Crippen molar-refractivity contribution in [1.29, 1.82) is 0 Å². The molecule has 1 aromatic heterocycles. The van der Waals surface area contributed by atoms with Crippen LogP contribution in [0, 0.1) is 0 Å². The van der Waals surface area contributed by atoms with Crippen molar-refractivity contribution in [1.82, 2.24) is 9.36 Å². The van der Waals surface area contributed by atoms with E-state index >= 15 is 0 Å². The summed E-state index contributed by atoms with van der Waals surface area (Å²) in [5.74, 6) is 0.330. The molecule has 0 aliphatic carbocycles. The van der Waals surface area contributed by atoms with Gasteiger partial charge in [0.15, 0.2) is 11.4 Å². The highest BCUT2D eigenvalue weighted by atomic mass is 32.2. The van der Waals surface area contributed by atoms with Gasteiger partial charge in [-0.3, -0.25) is 0 Å². The first-order valence-electron chi connectivity index (χ1n) is 8.70. The van der Waals surface area contributed by atoms with Gasteiger partial charge >= 0.3 is 12.1 Å². The predicted molar refractivity (Wildman–Crippen MR) is 109 cm³/mol. The maximum absolute atomic E-state index is 12.7. The Balaban J connectivity index is 1.60. The Kier molecular flexibility index (Phi) is 6.37. The van der Waals surface area contributed by atoms with Crippen LogP contribution < -0.4 is 4.74 Å². The van der Waals surface area contributed by atoms with Crippen molar-refractivity contribution < 1.29 is 27.8 Å². The summed E-state index contributed by atoms with van der Waals surface area (Å²) in [5, 5.41) is 9.85. The maximum Gasteiger partial charge on any atom is 0.416 e. The number of alkyl halides is 3. The third-order valence-electron chi connectivity index (χ3n) is 4.01. The number of hydrogen-bond donors (Lipinski definition) is 1. The van der Waals surface area contributed by atoms with Crippen LogP contribution in [0.25, 0.3) is 11.4 Å². The lowest BCUT2D eigenvalue weighted by Crippen LogP contribution is -2.37. The fourth-order valence-corrected chi connectivity index (χ4v) is 3.86. The third-order valence-corrected chi connectivity index (χ3v) is 5.93. The number of aromatic nitrogens is 2. The number of aliphatic carboxylic acids is 1. The monoisotopic (exact) mass is 454 g/mol. The Morgan fingerprint density at radius 3 is 2.30 bits per heavy atom. The average molecular weight is 454 g/mol. The zero-order chi connectivity index (χ0) is 21.9. The second-order valence-electron chi connectivity index (χ2n) is 6.76. The van der Waals surface area contributed by atoms with E-state index in [4.69, 9.17) is 9.84 Å². The van der Waals surface area contributed by atoms with E-state index in [1.165, 1.54) is 49.3 Å². The largest absolute Gasteiger partial charge is 0.478 e. The van der Waals surface area contributed by atoms with E-state index < -0.39 is 23.3 Å². The van der Waals surface area contributed by atoms with E-state index in [1.807, 2.05) is 12.1 Å². The summed E-state index contributed by atoms with van der Waals surface area (Å²) in [7, 11) is 0. The van der Waals surface area contributed by atoms with Crippen LogP contribution in [0.4, 0.5) is 13.2 Å². The molecule has 0 aliphatic heterocycles. The summed E-state index contributed by atoms with van der Waals surface area (Å²) in [4.78, 5) is 16.4. The van der Waals surface area contributed by atoms with Crippen LogP contribution in [-0.2, 0) is 16.7 Å². The Morgan fingerprint density at radius 2 is 1.73 bits per heavy atom. The maximum atomic E-state index is 12.7. The van der Waals surface area contributed by atoms with Gasteiger partial charge in [-0.15, -0.1) is 11.8 Å². The minimum Gasteiger partial charge on any atom is -0.478 e. The number of rotatable bonds is 7. The minimum absolute atomic E-state index is 0.393. The minimum atomic E-state index is -4.38. The standard InChI is InChI=1S/C20H17F3N2O3S2/c1-19(2,18(26)27)28-14-7-9-15(10-8-14)29-11-16-24-17(25-30-16)12-3-5-13(6-4-12)20(21,22)23/h3-10H,11H2,1-2H3,(H,26,27). The summed E-state index contributed by atoms with van der Waals surface area (Å²) < 4.78 is 47.7. The molecule has 1 N–H and O–H groups in total. The van der Waals surface area contributed by atoms with Crippen LogP contribution in [0.3, 0.4) is 0 Å². The molecule has 0 spiro atoms. The number of halogens is 3. The van der Waals surface area contributed by atoms with Gasteiger partial charge < -0.3 is 9.84 Å². The molecule has 1 heterocycles. The Morgan fingerprint density at radius 1 is 1.10 bits per heavy atom. The molecule has 10 heteroatoms. The quantitative estimate of drug-likeness (QED) is 0.458. The lowest BCUT2D eigenvalue weighted by Gasteiger charge is -2.21. The number of nitrogens with zero attached hydrogens (tertiary/aromatic N) is 2. The third kappa shape index (κ3) is 5.51. The van der Waals surface area contributed by atoms with E-state index in [9.17, 15) is 18.0 Å². The van der Waals surface area contributed by atoms with Crippen LogP contribution in [0.2, 0.25) is 0 Å². The molecule has 3 rings (SSSR count). The predicted octanol–water partition coefficient (Wildman–Crippen LogP) is 5.76. The first-order valence-corrected chi connectivity index (χ1v) is 10.5. The number of carbonyl (C=O) groups is 1. The molecule has 0 atom stereocenters. The molecule has 0 radical (unpaired) electrons. The van der Waals surface area contributed by atoms with Crippen molar-refractivity contribution in [3.05, 3.63) is 59.1 Å². The van der Waals surface area contributed by atoms with Gasteiger partial charge in [0, 0.05) is 10.5 Å². The number of hydrogen-bond acceptors (Lipinski definition) is 6. The molecule has 0 unspecified atom stereocenters. The fourth-order valence-electron chi connectivity index (χ4n) is 2.33. The molecule has 5 nitrogen and oxygen atoms in total. The highest BCUT2D eigenvalue weighted by molar-refractivity contribution is 7.98. The molecule has 30 heavy (non-hydrogen) atoms. The second-order valence-corrected chi connectivity index (χ2v) is 8.65. The molecule has 158 valence electrons.